The van der Waals surface area contributed by atoms with Gasteiger partial charge in [-0.1, -0.05) is 6.92 Å². The van der Waals surface area contributed by atoms with E-state index in [0.717, 1.165) is 18.6 Å². The van der Waals surface area contributed by atoms with E-state index in [-0.39, 0.29) is 17.3 Å². The van der Waals surface area contributed by atoms with Gasteiger partial charge in [-0.15, -0.1) is 0 Å². The molecule has 1 aromatic carbocycles. The maximum atomic E-state index is 13.2. The zero-order valence-corrected chi connectivity index (χ0v) is 18.8. The Labute approximate surface area is 178 Å². The van der Waals surface area contributed by atoms with Crippen molar-refractivity contribution in [3.8, 4) is 5.75 Å². The van der Waals surface area contributed by atoms with E-state index in [0.29, 0.717) is 42.7 Å². The van der Waals surface area contributed by atoms with Gasteiger partial charge in [0.05, 0.1) is 18.0 Å². The number of nitrogens with one attached hydrogen (secondary N) is 1. The molecule has 0 bridgehead atoms. The highest BCUT2D eigenvalue weighted by Crippen LogP contribution is 2.27. The molecule has 0 spiro atoms. The number of sulfonamides is 1. The van der Waals surface area contributed by atoms with Gasteiger partial charge in [-0.2, -0.15) is 9.40 Å². The fraction of sp³-hybridized carbons (Fsp3) is 0.524. The number of aromatic nitrogens is 2. The molecule has 8 nitrogen and oxygen atoms in total. The first-order valence-corrected chi connectivity index (χ1v) is 11.7. The van der Waals surface area contributed by atoms with Crippen molar-refractivity contribution in [2.24, 2.45) is 5.92 Å². The molecule has 0 radical (unpaired) electrons. The number of anilines is 1. The average molecular weight is 435 g/mol. The van der Waals surface area contributed by atoms with E-state index < -0.39 is 10.0 Å². The summed E-state index contributed by atoms with van der Waals surface area (Å²) < 4.78 is 34.7. The topological polar surface area (TPSA) is 93.5 Å². The molecule has 30 heavy (non-hydrogen) atoms. The summed E-state index contributed by atoms with van der Waals surface area (Å²) in [4.78, 5) is 12.7. The number of rotatable bonds is 7. The predicted octanol–water partition coefficient (Wildman–Crippen LogP) is 2.96. The van der Waals surface area contributed by atoms with Gasteiger partial charge in [-0.05, 0) is 63.8 Å². The van der Waals surface area contributed by atoms with Gasteiger partial charge in [0.2, 0.25) is 15.9 Å². The number of nitrogens with zero attached hydrogens (tertiary/aromatic N) is 3. The first-order chi connectivity index (χ1) is 14.2. The molecule has 0 saturated carbocycles. The third-order valence-electron chi connectivity index (χ3n) is 5.40. The fourth-order valence-electron chi connectivity index (χ4n) is 3.70. The van der Waals surface area contributed by atoms with Crippen molar-refractivity contribution < 1.29 is 17.9 Å². The second-order valence-electron chi connectivity index (χ2n) is 7.75. The van der Waals surface area contributed by atoms with E-state index in [1.807, 2.05) is 6.92 Å². The average Bonchev–Trinajstić information content (AvgIpc) is 2.97. The summed E-state index contributed by atoms with van der Waals surface area (Å²) in [5.74, 6) is 0.990. The summed E-state index contributed by atoms with van der Waals surface area (Å²) in [6, 6.07) is 7.09. The maximum absolute atomic E-state index is 13.2. The van der Waals surface area contributed by atoms with Crippen LogP contribution < -0.4 is 10.1 Å². The maximum Gasteiger partial charge on any atom is 0.246 e. The monoisotopic (exact) mass is 434 g/mol. The van der Waals surface area contributed by atoms with Crippen LogP contribution in [0.25, 0.3) is 0 Å². The summed E-state index contributed by atoms with van der Waals surface area (Å²) in [6.07, 6.45) is 1.71. The van der Waals surface area contributed by atoms with Crippen molar-refractivity contribution in [3.63, 3.8) is 0 Å². The number of carbonyl (C=O) groups is 1. The Morgan fingerprint density at radius 1 is 1.20 bits per heavy atom. The lowest BCUT2D eigenvalue weighted by atomic mass is 10.0. The number of ether oxygens (including phenoxy) is 1. The van der Waals surface area contributed by atoms with Crippen molar-refractivity contribution in [2.45, 2.75) is 52.0 Å². The molecule has 1 aliphatic heterocycles. The van der Waals surface area contributed by atoms with Crippen LogP contribution in [0, 0.1) is 19.8 Å². The van der Waals surface area contributed by atoms with Gasteiger partial charge in [0.15, 0.2) is 0 Å². The molecule has 164 valence electrons. The van der Waals surface area contributed by atoms with Crippen LogP contribution in [0.5, 0.6) is 5.75 Å². The van der Waals surface area contributed by atoms with E-state index >= 15 is 0 Å². The second kappa shape index (κ2) is 9.18. The first kappa shape index (κ1) is 22.3. The molecule has 1 fully saturated rings. The van der Waals surface area contributed by atoms with Crippen molar-refractivity contribution >= 4 is 21.6 Å². The van der Waals surface area contributed by atoms with E-state index in [4.69, 9.17) is 4.74 Å². The minimum atomic E-state index is -3.63. The van der Waals surface area contributed by atoms with Crippen LogP contribution >= 0.6 is 0 Å². The zero-order valence-electron chi connectivity index (χ0n) is 18.0. The number of piperidine rings is 1. The largest absolute Gasteiger partial charge is 0.494 e. The van der Waals surface area contributed by atoms with Gasteiger partial charge in [-0.25, -0.2) is 8.42 Å². The van der Waals surface area contributed by atoms with Crippen LogP contribution in [0.2, 0.25) is 0 Å². The number of amides is 1. The van der Waals surface area contributed by atoms with Gasteiger partial charge in [0.1, 0.15) is 17.2 Å². The van der Waals surface area contributed by atoms with E-state index in [2.05, 4.69) is 17.3 Å². The molecule has 1 aromatic heterocycles. The number of carbonyl (C=O) groups excluding carboxylic acids is 1. The van der Waals surface area contributed by atoms with Gasteiger partial charge in [0, 0.05) is 18.8 Å². The number of hydrogen-bond donors (Lipinski definition) is 1. The molecule has 0 atom stereocenters. The summed E-state index contributed by atoms with van der Waals surface area (Å²) in [5.41, 5.74) is 1.54. The lowest BCUT2D eigenvalue weighted by Gasteiger charge is -2.29. The molecule has 2 heterocycles. The summed E-state index contributed by atoms with van der Waals surface area (Å²) in [7, 11) is -3.63. The summed E-state index contributed by atoms with van der Waals surface area (Å²) >= 11 is 0. The van der Waals surface area contributed by atoms with Gasteiger partial charge in [-0.3, -0.25) is 9.48 Å². The zero-order chi connectivity index (χ0) is 21.9. The quantitative estimate of drug-likeness (QED) is 0.723. The Balaban J connectivity index is 1.72. The van der Waals surface area contributed by atoms with Crippen molar-refractivity contribution in [2.75, 3.05) is 25.0 Å². The Morgan fingerprint density at radius 2 is 1.83 bits per heavy atom. The minimum absolute atomic E-state index is 0.0631. The van der Waals surface area contributed by atoms with E-state index in [9.17, 15) is 13.2 Å². The molecule has 0 unspecified atom stereocenters. The summed E-state index contributed by atoms with van der Waals surface area (Å²) in [6.45, 7) is 8.97. The Bertz CT molecular complexity index is 991. The molecule has 1 amide bonds. The van der Waals surface area contributed by atoms with Crippen molar-refractivity contribution in [1.82, 2.24) is 14.1 Å². The van der Waals surface area contributed by atoms with Crippen molar-refractivity contribution in [1.29, 1.82) is 0 Å². The fourth-order valence-corrected chi connectivity index (χ4v) is 5.54. The third kappa shape index (κ3) is 4.84. The molecule has 9 heteroatoms. The lowest BCUT2D eigenvalue weighted by Crippen LogP contribution is -2.38. The molecule has 3 rings (SSSR count). The van der Waals surface area contributed by atoms with Crippen molar-refractivity contribution in [3.05, 3.63) is 35.7 Å². The van der Waals surface area contributed by atoms with Crippen LogP contribution in [0.15, 0.2) is 29.2 Å². The number of aryl methyl sites for hydroxylation is 1. The molecule has 1 saturated heterocycles. The highest BCUT2D eigenvalue weighted by molar-refractivity contribution is 7.89. The van der Waals surface area contributed by atoms with Crippen LogP contribution in [0.3, 0.4) is 0 Å². The van der Waals surface area contributed by atoms with Crippen LogP contribution in [0.4, 0.5) is 5.69 Å². The highest BCUT2D eigenvalue weighted by Gasteiger charge is 2.33. The second-order valence-corrected chi connectivity index (χ2v) is 9.62. The smallest absolute Gasteiger partial charge is 0.246 e. The minimum Gasteiger partial charge on any atom is -0.494 e. The molecule has 2 aromatic rings. The Hall–Kier alpha value is -2.39. The van der Waals surface area contributed by atoms with Crippen LogP contribution in [-0.4, -0.2) is 48.1 Å². The predicted molar refractivity (Wildman–Crippen MR) is 115 cm³/mol. The third-order valence-corrected chi connectivity index (χ3v) is 7.55. The Kier molecular flexibility index (Phi) is 6.82. The van der Waals surface area contributed by atoms with Gasteiger partial charge >= 0.3 is 0 Å². The normalized spacial score (nSPS) is 15.9. The summed E-state index contributed by atoms with van der Waals surface area (Å²) in [5, 5.41) is 7.14. The van der Waals surface area contributed by atoms with E-state index in [1.165, 1.54) is 8.99 Å². The standard InChI is InChI=1S/C21H30N4O4S/c1-5-29-19-8-6-18(7-9-19)22-20(26)14-25-17(4)21(16(3)23-25)30(27,28)24-12-10-15(2)11-13-24/h6-9,15H,5,10-14H2,1-4H3,(H,22,26). The van der Waals surface area contributed by atoms with E-state index in [1.54, 1.807) is 38.1 Å². The SMILES string of the molecule is CCOc1ccc(NC(=O)Cn2nc(C)c(S(=O)(=O)N3CCC(C)CC3)c2C)cc1. The molecular formula is C21H30N4O4S. The Morgan fingerprint density at radius 3 is 2.43 bits per heavy atom. The van der Waals surface area contributed by atoms with Gasteiger partial charge in [0.25, 0.3) is 0 Å². The van der Waals surface area contributed by atoms with Crippen LogP contribution in [-0.2, 0) is 21.4 Å². The number of hydrogen-bond acceptors (Lipinski definition) is 5. The van der Waals surface area contributed by atoms with Gasteiger partial charge < -0.3 is 10.1 Å². The molecule has 1 N–H and O–H groups in total. The molecule has 0 aliphatic carbocycles. The first-order valence-electron chi connectivity index (χ1n) is 10.3. The highest BCUT2D eigenvalue weighted by atomic mass is 32.2. The molecular weight excluding hydrogens is 404 g/mol. The number of benzene rings is 1. The van der Waals surface area contributed by atoms with Crippen LogP contribution in [0.1, 0.15) is 38.1 Å². The lowest BCUT2D eigenvalue weighted by molar-refractivity contribution is -0.116. The molecule has 1 aliphatic rings.